The second kappa shape index (κ2) is 3.69. The minimum absolute atomic E-state index is 0.202. The monoisotopic (exact) mass is 239 g/mol. The van der Waals surface area contributed by atoms with Gasteiger partial charge in [-0.2, -0.15) is 0 Å². The molecule has 0 spiro atoms. The molecular formula is C13H21NO3. The molecule has 1 heterocycles. The van der Waals surface area contributed by atoms with E-state index in [1.54, 1.807) is 0 Å². The molecule has 0 amide bonds. The van der Waals surface area contributed by atoms with Gasteiger partial charge in [-0.15, -0.1) is 0 Å². The maximum absolute atomic E-state index is 11.8. The summed E-state index contributed by atoms with van der Waals surface area (Å²) in [6, 6.07) is 0. The Morgan fingerprint density at radius 2 is 1.94 bits per heavy atom. The van der Waals surface area contributed by atoms with Crippen molar-refractivity contribution in [1.29, 1.82) is 0 Å². The zero-order chi connectivity index (χ0) is 12.1. The van der Waals surface area contributed by atoms with Gasteiger partial charge in [0.2, 0.25) is 0 Å². The highest BCUT2D eigenvalue weighted by atomic mass is 16.4. The predicted octanol–water partition coefficient (Wildman–Crippen LogP) is 0.992. The van der Waals surface area contributed by atoms with E-state index >= 15 is 0 Å². The van der Waals surface area contributed by atoms with Gasteiger partial charge in [-0.25, -0.2) is 0 Å². The molecule has 4 heteroatoms. The first kappa shape index (κ1) is 11.5. The lowest BCUT2D eigenvalue weighted by molar-refractivity contribution is -0.184. The molecule has 17 heavy (non-hydrogen) atoms. The number of nitrogens with one attached hydrogen (secondary N) is 1. The van der Waals surface area contributed by atoms with Crippen LogP contribution in [0.1, 0.15) is 38.5 Å². The largest absolute Gasteiger partial charge is 0.481 e. The van der Waals surface area contributed by atoms with Crippen LogP contribution in [0, 0.1) is 17.3 Å². The van der Waals surface area contributed by atoms with Gasteiger partial charge in [0.15, 0.2) is 0 Å². The van der Waals surface area contributed by atoms with Crippen LogP contribution in [0.4, 0.5) is 0 Å². The SMILES string of the molecule is O=C(O)C1(C2(O)CCNCC2)CC2CCC1C2. The fourth-order valence-electron chi connectivity index (χ4n) is 4.65. The molecule has 1 saturated heterocycles. The molecule has 1 aliphatic heterocycles. The minimum atomic E-state index is -0.982. The molecule has 2 bridgehead atoms. The van der Waals surface area contributed by atoms with Crippen molar-refractivity contribution in [3.8, 4) is 0 Å². The smallest absolute Gasteiger partial charge is 0.312 e. The fraction of sp³-hybridized carbons (Fsp3) is 0.923. The standard InChI is InChI=1S/C13H21NO3/c15-11(16)13(8-9-1-2-10(13)7-9)12(17)3-5-14-6-4-12/h9-10,14,17H,1-8H2,(H,15,16). The topological polar surface area (TPSA) is 69.6 Å². The van der Waals surface area contributed by atoms with Crippen LogP contribution in [0.5, 0.6) is 0 Å². The highest BCUT2D eigenvalue weighted by Crippen LogP contribution is 2.62. The van der Waals surface area contributed by atoms with Crippen LogP contribution in [0.3, 0.4) is 0 Å². The van der Waals surface area contributed by atoms with Crippen molar-refractivity contribution >= 4 is 5.97 Å². The molecule has 0 aromatic rings. The zero-order valence-electron chi connectivity index (χ0n) is 10.1. The summed E-state index contributed by atoms with van der Waals surface area (Å²) >= 11 is 0. The van der Waals surface area contributed by atoms with E-state index < -0.39 is 17.0 Å². The van der Waals surface area contributed by atoms with Crippen LogP contribution >= 0.6 is 0 Å². The third-order valence-corrected chi connectivity index (χ3v) is 5.49. The van der Waals surface area contributed by atoms with Crippen molar-refractivity contribution in [2.24, 2.45) is 17.3 Å². The van der Waals surface area contributed by atoms with E-state index in [0.29, 0.717) is 25.2 Å². The molecule has 3 aliphatic rings. The van der Waals surface area contributed by atoms with E-state index in [9.17, 15) is 15.0 Å². The lowest BCUT2D eigenvalue weighted by atomic mass is 9.59. The Labute approximate surface area is 101 Å². The molecule has 3 N–H and O–H groups in total. The van der Waals surface area contributed by atoms with Crippen LogP contribution in [0.2, 0.25) is 0 Å². The van der Waals surface area contributed by atoms with E-state index in [0.717, 1.165) is 32.4 Å². The van der Waals surface area contributed by atoms with Crippen LogP contribution in [0.25, 0.3) is 0 Å². The van der Waals surface area contributed by atoms with Gasteiger partial charge in [0, 0.05) is 0 Å². The number of hydrogen-bond donors (Lipinski definition) is 3. The van der Waals surface area contributed by atoms with Crippen LogP contribution in [0.15, 0.2) is 0 Å². The highest BCUT2D eigenvalue weighted by molar-refractivity contribution is 5.77. The quantitative estimate of drug-likeness (QED) is 0.672. The molecule has 3 atom stereocenters. The van der Waals surface area contributed by atoms with Gasteiger partial charge in [-0.05, 0) is 57.0 Å². The van der Waals surface area contributed by atoms with Gasteiger partial charge in [0.05, 0.1) is 11.0 Å². The summed E-state index contributed by atoms with van der Waals surface area (Å²) in [6.07, 6.45) is 5.04. The Morgan fingerprint density at radius 1 is 1.24 bits per heavy atom. The first-order valence-electron chi connectivity index (χ1n) is 6.75. The van der Waals surface area contributed by atoms with E-state index in [1.807, 2.05) is 0 Å². The van der Waals surface area contributed by atoms with Gasteiger partial charge in [0.25, 0.3) is 0 Å². The zero-order valence-corrected chi connectivity index (χ0v) is 10.1. The van der Waals surface area contributed by atoms with E-state index in [-0.39, 0.29) is 5.92 Å². The highest BCUT2D eigenvalue weighted by Gasteiger charge is 2.65. The Balaban J connectivity index is 1.97. The number of fused-ring (bicyclic) bond motifs is 2. The number of carboxylic acid groups (broad SMARTS) is 1. The lowest BCUT2D eigenvalue weighted by Crippen LogP contribution is -2.60. The van der Waals surface area contributed by atoms with Crippen LogP contribution in [-0.2, 0) is 4.79 Å². The van der Waals surface area contributed by atoms with Crippen molar-refractivity contribution in [2.75, 3.05) is 13.1 Å². The van der Waals surface area contributed by atoms with E-state index in [1.165, 1.54) is 0 Å². The van der Waals surface area contributed by atoms with Crippen LogP contribution < -0.4 is 5.32 Å². The summed E-state index contributed by atoms with van der Waals surface area (Å²) < 4.78 is 0. The predicted molar refractivity (Wildman–Crippen MR) is 62.6 cm³/mol. The summed E-state index contributed by atoms with van der Waals surface area (Å²) in [7, 11) is 0. The van der Waals surface area contributed by atoms with Crippen molar-refractivity contribution < 1.29 is 15.0 Å². The van der Waals surface area contributed by atoms with Gasteiger partial charge < -0.3 is 15.5 Å². The first-order chi connectivity index (χ1) is 8.08. The van der Waals surface area contributed by atoms with Crippen LogP contribution in [-0.4, -0.2) is 34.9 Å². The summed E-state index contributed by atoms with van der Waals surface area (Å²) in [6.45, 7) is 1.48. The number of carbonyl (C=O) groups is 1. The summed E-state index contributed by atoms with van der Waals surface area (Å²) in [5, 5.41) is 23.8. The van der Waals surface area contributed by atoms with Crippen molar-refractivity contribution in [1.82, 2.24) is 5.32 Å². The summed E-state index contributed by atoms with van der Waals surface area (Å²) in [5.41, 5.74) is -1.83. The fourth-order valence-corrected chi connectivity index (χ4v) is 4.65. The molecule has 2 saturated carbocycles. The number of carboxylic acids is 1. The van der Waals surface area contributed by atoms with Crippen molar-refractivity contribution in [3.05, 3.63) is 0 Å². The summed E-state index contributed by atoms with van der Waals surface area (Å²) in [4.78, 5) is 11.8. The maximum atomic E-state index is 11.8. The summed E-state index contributed by atoms with van der Waals surface area (Å²) in [5.74, 6) is -0.0165. The average molecular weight is 239 g/mol. The van der Waals surface area contributed by atoms with Crippen molar-refractivity contribution in [3.63, 3.8) is 0 Å². The van der Waals surface area contributed by atoms with Gasteiger partial charge in [-0.3, -0.25) is 4.79 Å². The number of aliphatic carboxylic acids is 1. The van der Waals surface area contributed by atoms with Gasteiger partial charge in [0.1, 0.15) is 0 Å². The minimum Gasteiger partial charge on any atom is -0.481 e. The van der Waals surface area contributed by atoms with Gasteiger partial charge >= 0.3 is 5.97 Å². The molecule has 4 nitrogen and oxygen atoms in total. The molecule has 3 unspecified atom stereocenters. The normalized spacial score (nSPS) is 43.8. The first-order valence-corrected chi connectivity index (χ1v) is 6.75. The van der Waals surface area contributed by atoms with E-state index in [4.69, 9.17) is 0 Å². The average Bonchev–Trinajstić information content (AvgIpc) is 2.90. The number of piperidine rings is 1. The Hall–Kier alpha value is -0.610. The number of aliphatic hydroxyl groups is 1. The molecule has 0 aromatic heterocycles. The molecule has 2 aliphatic carbocycles. The molecule has 3 fully saturated rings. The number of rotatable bonds is 2. The molecule has 0 aromatic carbocycles. The maximum Gasteiger partial charge on any atom is 0.312 e. The Bertz CT molecular complexity index is 338. The van der Waals surface area contributed by atoms with Crippen molar-refractivity contribution in [2.45, 2.75) is 44.1 Å². The van der Waals surface area contributed by atoms with E-state index in [2.05, 4.69) is 5.32 Å². The molecule has 3 rings (SSSR count). The Morgan fingerprint density at radius 3 is 2.41 bits per heavy atom. The van der Waals surface area contributed by atoms with Gasteiger partial charge in [-0.1, -0.05) is 6.42 Å². The molecule has 96 valence electrons. The third-order valence-electron chi connectivity index (χ3n) is 5.49. The Kier molecular flexibility index (Phi) is 2.49. The molecule has 0 radical (unpaired) electrons. The number of hydrogen-bond acceptors (Lipinski definition) is 3. The second-order valence-corrected chi connectivity index (χ2v) is 6.14. The molecular weight excluding hydrogens is 218 g/mol. The second-order valence-electron chi connectivity index (χ2n) is 6.14. The lowest BCUT2D eigenvalue weighted by Gasteiger charge is -2.49. The third kappa shape index (κ3) is 1.40.